The largest absolute Gasteiger partial charge is 0.485 e. The van der Waals surface area contributed by atoms with Crippen molar-refractivity contribution < 1.29 is 9.26 Å². The Hall–Kier alpha value is -1.88. The van der Waals surface area contributed by atoms with Crippen molar-refractivity contribution >= 4 is 0 Å². The maximum Gasteiger partial charge on any atom is 0.213 e. The van der Waals surface area contributed by atoms with Gasteiger partial charge in [0.2, 0.25) is 12.2 Å². The average molecular weight is 261 g/mol. The number of rotatable bonds is 7. The zero-order chi connectivity index (χ0) is 13.5. The lowest BCUT2D eigenvalue weighted by molar-refractivity contribution is 0.286. The Bertz CT molecular complexity index is 468. The van der Waals surface area contributed by atoms with Crippen molar-refractivity contribution in [3.05, 3.63) is 42.0 Å². The second-order valence-corrected chi connectivity index (χ2v) is 4.44. The first-order chi connectivity index (χ1) is 9.28. The van der Waals surface area contributed by atoms with E-state index in [4.69, 9.17) is 4.74 Å². The number of likely N-dealkylation sites (N-methyl/N-ethyl adjacent to an activating group) is 1. The highest BCUT2D eigenvalue weighted by Gasteiger charge is 2.03. The van der Waals surface area contributed by atoms with Gasteiger partial charge in [-0.25, -0.2) is 0 Å². The monoisotopic (exact) mass is 261 g/mol. The summed E-state index contributed by atoms with van der Waals surface area (Å²) in [5.74, 6) is 1.36. The van der Waals surface area contributed by atoms with E-state index in [0.29, 0.717) is 18.5 Å². The number of ether oxygens (including phenoxy) is 1. The number of hydrogen-bond acceptors (Lipinski definition) is 5. The molecule has 2 aromatic rings. The van der Waals surface area contributed by atoms with E-state index in [-0.39, 0.29) is 0 Å². The minimum absolute atomic E-state index is 0.323. The van der Waals surface area contributed by atoms with Crippen LogP contribution in [0.4, 0.5) is 0 Å². The molecule has 0 radical (unpaired) electrons. The van der Waals surface area contributed by atoms with Crippen molar-refractivity contribution in [1.29, 1.82) is 0 Å². The molecule has 1 aromatic carbocycles. The molecule has 102 valence electrons. The Morgan fingerprint density at radius 3 is 2.74 bits per heavy atom. The van der Waals surface area contributed by atoms with E-state index in [2.05, 4.69) is 46.0 Å². The van der Waals surface area contributed by atoms with Crippen LogP contribution in [0.2, 0.25) is 0 Å². The van der Waals surface area contributed by atoms with Gasteiger partial charge in [0, 0.05) is 6.04 Å². The van der Waals surface area contributed by atoms with Crippen molar-refractivity contribution in [2.75, 3.05) is 6.54 Å². The van der Waals surface area contributed by atoms with Gasteiger partial charge in [0.1, 0.15) is 5.75 Å². The summed E-state index contributed by atoms with van der Waals surface area (Å²) < 4.78 is 10.2. The molecule has 0 aliphatic carbocycles. The van der Waals surface area contributed by atoms with Crippen LogP contribution in [0.15, 0.2) is 35.2 Å². The molecule has 1 heterocycles. The molecule has 1 N–H and O–H groups in total. The number of nitrogens with one attached hydrogen (secondary N) is 1. The summed E-state index contributed by atoms with van der Waals surface area (Å²) >= 11 is 0. The number of nitrogens with zero attached hydrogens (tertiary/aromatic N) is 2. The third-order valence-electron chi connectivity index (χ3n) is 2.79. The van der Waals surface area contributed by atoms with Gasteiger partial charge < -0.3 is 14.6 Å². The smallest absolute Gasteiger partial charge is 0.213 e. The molecule has 0 bridgehead atoms. The fraction of sp³-hybridized carbons (Fsp3) is 0.429. The summed E-state index contributed by atoms with van der Waals surface area (Å²) in [7, 11) is 0. The summed E-state index contributed by atoms with van der Waals surface area (Å²) in [5.41, 5.74) is 1.29. The van der Waals surface area contributed by atoms with Crippen LogP contribution in [0.1, 0.15) is 25.2 Å². The molecule has 19 heavy (non-hydrogen) atoms. The Morgan fingerprint density at radius 1 is 1.32 bits per heavy atom. The van der Waals surface area contributed by atoms with E-state index in [1.54, 1.807) is 0 Å². The standard InChI is InChI=1S/C14H19N3O2/c1-3-15-11(2)8-12-4-6-13(7-5-12)18-9-14-16-10-19-17-14/h4-7,10-11,15H,3,8-9H2,1-2H3. The summed E-state index contributed by atoms with van der Waals surface area (Å²) in [5, 5.41) is 7.08. The summed E-state index contributed by atoms with van der Waals surface area (Å²) in [6, 6.07) is 8.58. The Balaban J connectivity index is 1.84. The van der Waals surface area contributed by atoms with E-state index >= 15 is 0 Å². The molecule has 0 aliphatic heterocycles. The maximum absolute atomic E-state index is 5.56. The van der Waals surface area contributed by atoms with Gasteiger partial charge in [-0.2, -0.15) is 4.98 Å². The fourth-order valence-corrected chi connectivity index (χ4v) is 1.90. The first-order valence-corrected chi connectivity index (χ1v) is 6.48. The molecule has 5 heteroatoms. The zero-order valence-corrected chi connectivity index (χ0v) is 11.3. The minimum Gasteiger partial charge on any atom is -0.485 e. The van der Waals surface area contributed by atoms with Crippen molar-refractivity contribution in [3.8, 4) is 5.75 Å². The van der Waals surface area contributed by atoms with Crippen LogP contribution < -0.4 is 10.1 Å². The van der Waals surface area contributed by atoms with Crippen LogP contribution in [-0.2, 0) is 13.0 Å². The van der Waals surface area contributed by atoms with Gasteiger partial charge in [0.05, 0.1) is 0 Å². The first-order valence-electron chi connectivity index (χ1n) is 6.48. The highest BCUT2D eigenvalue weighted by molar-refractivity contribution is 5.27. The van der Waals surface area contributed by atoms with Crippen LogP contribution in [0.25, 0.3) is 0 Å². The van der Waals surface area contributed by atoms with Crippen LogP contribution >= 0.6 is 0 Å². The predicted molar refractivity (Wildman–Crippen MR) is 71.9 cm³/mol. The zero-order valence-electron chi connectivity index (χ0n) is 11.3. The molecule has 1 atom stereocenters. The van der Waals surface area contributed by atoms with Gasteiger partial charge in [-0.1, -0.05) is 24.2 Å². The first kappa shape index (κ1) is 13.5. The number of benzene rings is 1. The SMILES string of the molecule is CCNC(C)Cc1ccc(OCc2ncon2)cc1. The predicted octanol–water partition coefficient (Wildman–Crippen LogP) is 2.19. The van der Waals surface area contributed by atoms with Gasteiger partial charge in [-0.3, -0.25) is 0 Å². The van der Waals surface area contributed by atoms with E-state index in [0.717, 1.165) is 18.7 Å². The highest BCUT2D eigenvalue weighted by Crippen LogP contribution is 2.14. The molecular formula is C14H19N3O2. The lowest BCUT2D eigenvalue weighted by Gasteiger charge is -2.12. The Morgan fingerprint density at radius 2 is 2.11 bits per heavy atom. The summed E-state index contributed by atoms with van der Waals surface area (Å²) in [6.45, 7) is 5.62. The topological polar surface area (TPSA) is 60.2 Å². The molecular weight excluding hydrogens is 242 g/mol. The van der Waals surface area contributed by atoms with Crippen LogP contribution in [0, 0.1) is 0 Å². The highest BCUT2D eigenvalue weighted by atomic mass is 16.5. The van der Waals surface area contributed by atoms with E-state index in [9.17, 15) is 0 Å². The van der Waals surface area contributed by atoms with E-state index in [1.165, 1.54) is 12.0 Å². The van der Waals surface area contributed by atoms with E-state index < -0.39 is 0 Å². The third-order valence-corrected chi connectivity index (χ3v) is 2.79. The lowest BCUT2D eigenvalue weighted by Crippen LogP contribution is -2.27. The second-order valence-electron chi connectivity index (χ2n) is 4.44. The van der Waals surface area contributed by atoms with Crippen molar-refractivity contribution in [3.63, 3.8) is 0 Å². The average Bonchev–Trinajstić information content (AvgIpc) is 2.91. The summed E-state index contributed by atoms with van der Waals surface area (Å²) in [6.07, 6.45) is 2.31. The van der Waals surface area contributed by atoms with Gasteiger partial charge in [0.25, 0.3) is 0 Å². The van der Waals surface area contributed by atoms with Crippen LogP contribution in [0.5, 0.6) is 5.75 Å². The van der Waals surface area contributed by atoms with Crippen LogP contribution in [0.3, 0.4) is 0 Å². The third kappa shape index (κ3) is 4.37. The molecule has 0 saturated heterocycles. The Kier molecular flexibility index (Phi) is 4.92. The van der Waals surface area contributed by atoms with Crippen molar-refractivity contribution in [2.24, 2.45) is 0 Å². The maximum atomic E-state index is 5.56. The van der Waals surface area contributed by atoms with Crippen LogP contribution in [-0.4, -0.2) is 22.7 Å². The molecule has 0 aliphatic rings. The van der Waals surface area contributed by atoms with E-state index in [1.807, 2.05) is 12.1 Å². The number of aromatic nitrogens is 2. The van der Waals surface area contributed by atoms with Gasteiger partial charge in [0.15, 0.2) is 6.61 Å². The molecule has 0 fully saturated rings. The second kappa shape index (κ2) is 6.89. The van der Waals surface area contributed by atoms with Crippen molar-refractivity contribution in [2.45, 2.75) is 32.9 Å². The van der Waals surface area contributed by atoms with Crippen molar-refractivity contribution in [1.82, 2.24) is 15.5 Å². The normalized spacial score (nSPS) is 12.3. The molecule has 1 aromatic heterocycles. The molecule has 0 saturated carbocycles. The van der Waals surface area contributed by atoms with Gasteiger partial charge in [-0.05, 0) is 37.6 Å². The van der Waals surface area contributed by atoms with Gasteiger partial charge >= 0.3 is 0 Å². The molecule has 1 unspecified atom stereocenters. The molecule has 5 nitrogen and oxygen atoms in total. The Labute approximate surface area is 113 Å². The fourth-order valence-electron chi connectivity index (χ4n) is 1.90. The molecule has 2 rings (SSSR count). The summed E-state index contributed by atoms with van der Waals surface area (Å²) in [4.78, 5) is 3.90. The number of hydrogen-bond donors (Lipinski definition) is 1. The lowest BCUT2D eigenvalue weighted by atomic mass is 10.1. The van der Waals surface area contributed by atoms with Gasteiger partial charge in [-0.15, -0.1) is 0 Å². The quantitative estimate of drug-likeness (QED) is 0.828. The molecule has 0 amide bonds. The molecule has 0 spiro atoms. The minimum atomic E-state index is 0.323.